The van der Waals surface area contributed by atoms with Gasteiger partial charge >= 0.3 is 0 Å². The van der Waals surface area contributed by atoms with Gasteiger partial charge < -0.3 is 4.74 Å². The van der Waals surface area contributed by atoms with Gasteiger partial charge in [-0.1, -0.05) is 24.3 Å². The highest BCUT2D eigenvalue weighted by molar-refractivity contribution is 5.94. The van der Waals surface area contributed by atoms with E-state index in [2.05, 4.69) is 27.6 Å². The Kier molecular flexibility index (Phi) is 5.12. The first kappa shape index (κ1) is 17.4. The van der Waals surface area contributed by atoms with E-state index in [9.17, 15) is 4.79 Å². The fourth-order valence-electron chi connectivity index (χ4n) is 2.48. The molecule has 6 heteroatoms. The Morgan fingerprint density at radius 3 is 2.73 bits per heavy atom. The largest absolute Gasteiger partial charge is 0.496 e. The molecule has 0 saturated heterocycles. The average Bonchev–Trinajstić information content (AvgIpc) is 3.14. The summed E-state index contributed by atoms with van der Waals surface area (Å²) in [7, 11) is 1.59. The summed E-state index contributed by atoms with van der Waals surface area (Å²) >= 11 is 0. The van der Waals surface area contributed by atoms with Gasteiger partial charge in [0.1, 0.15) is 11.4 Å². The van der Waals surface area contributed by atoms with Gasteiger partial charge in [-0.2, -0.15) is 10.2 Å². The van der Waals surface area contributed by atoms with Crippen molar-refractivity contribution in [3.05, 3.63) is 70.9 Å². The average molecular weight is 348 g/mol. The van der Waals surface area contributed by atoms with Crippen molar-refractivity contribution in [2.75, 3.05) is 7.11 Å². The van der Waals surface area contributed by atoms with E-state index < -0.39 is 0 Å². The maximum atomic E-state index is 12.2. The standard InChI is InChI=1S/C20H20N4O2/c1-13-8-9-15(10-14(13)2)17-11-18(23-22-17)20(25)24-21-12-16-6-4-5-7-19(16)26-3/h4-12H,1-3H3,(H,22,23)(H,24,25). The van der Waals surface area contributed by atoms with Crippen molar-refractivity contribution in [3.63, 3.8) is 0 Å². The topological polar surface area (TPSA) is 79.4 Å². The third-order valence-corrected chi connectivity index (χ3v) is 4.13. The molecule has 0 fully saturated rings. The molecule has 0 radical (unpaired) electrons. The number of hydrazone groups is 1. The van der Waals surface area contributed by atoms with Gasteiger partial charge in [-0.05, 0) is 49.2 Å². The summed E-state index contributed by atoms with van der Waals surface area (Å²) in [5.41, 5.74) is 7.67. The summed E-state index contributed by atoms with van der Waals surface area (Å²) in [6.07, 6.45) is 1.54. The molecule has 26 heavy (non-hydrogen) atoms. The number of aromatic nitrogens is 2. The van der Waals surface area contributed by atoms with Gasteiger partial charge in [0, 0.05) is 11.1 Å². The van der Waals surface area contributed by atoms with E-state index in [-0.39, 0.29) is 5.91 Å². The van der Waals surface area contributed by atoms with Crippen LogP contribution in [-0.4, -0.2) is 29.4 Å². The van der Waals surface area contributed by atoms with Gasteiger partial charge in [-0.25, -0.2) is 5.43 Å². The molecule has 3 aromatic rings. The molecule has 0 saturated carbocycles. The highest BCUT2D eigenvalue weighted by Gasteiger charge is 2.11. The van der Waals surface area contributed by atoms with Crippen molar-refractivity contribution < 1.29 is 9.53 Å². The molecule has 0 aliphatic rings. The lowest BCUT2D eigenvalue weighted by molar-refractivity contribution is 0.0950. The van der Waals surface area contributed by atoms with Gasteiger partial charge in [0.25, 0.3) is 5.91 Å². The molecule has 3 rings (SSSR count). The van der Waals surface area contributed by atoms with Crippen molar-refractivity contribution in [1.29, 1.82) is 0 Å². The number of hydrogen-bond acceptors (Lipinski definition) is 4. The summed E-state index contributed by atoms with van der Waals surface area (Å²) in [4.78, 5) is 12.2. The molecule has 0 aliphatic heterocycles. The van der Waals surface area contributed by atoms with Crippen LogP contribution in [0.3, 0.4) is 0 Å². The second-order valence-electron chi connectivity index (χ2n) is 5.91. The number of hydrogen-bond donors (Lipinski definition) is 2. The minimum atomic E-state index is -0.362. The van der Waals surface area contributed by atoms with Gasteiger partial charge in [0.2, 0.25) is 0 Å². The van der Waals surface area contributed by atoms with Crippen LogP contribution >= 0.6 is 0 Å². The number of para-hydroxylation sites is 1. The molecular weight excluding hydrogens is 328 g/mol. The molecule has 1 amide bonds. The Morgan fingerprint density at radius 1 is 1.15 bits per heavy atom. The van der Waals surface area contributed by atoms with Crippen molar-refractivity contribution in [1.82, 2.24) is 15.6 Å². The molecule has 0 atom stereocenters. The number of aromatic amines is 1. The summed E-state index contributed by atoms with van der Waals surface area (Å²) in [5, 5.41) is 10.9. The quantitative estimate of drug-likeness (QED) is 0.547. The van der Waals surface area contributed by atoms with Crippen molar-refractivity contribution >= 4 is 12.1 Å². The number of carbonyl (C=O) groups excluding carboxylic acids is 1. The van der Waals surface area contributed by atoms with Crippen molar-refractivity contribution in [3.8, 4) is 17.0 Å². The summed E-state index contributed by atoms with van der Waals surface area (Å²) < 4.78 is 5.24. The maximum Gasteiger partial charge on any atom is 0.289 e. The highest BCUT2D eigenvalue weighted by atomic mass is 16.5. The van der Waals surface area contributed by atoms with Crippen LogP contribution in [0.1, 0.15) is 27.2 Å². The molecule has 6 nitrogen and oxygen atoms in total. The van der Waals surface area contributed by atoms with Crippen LogP contribution in [0.2, 0.25) is 0 Å². The van der Waals surface area contributed by atoms with Gasteiger partial charge in [0.15, 0.2) is 0 Å². The number of carbonyl (C=O) groups is 1. The Labute approximate surface area is 151 Å². The number of aryl methyl sites for hydroxylation is 2. The molecule has 0 aliphatic carbocycles. The van der Waals surface area contributed by atoms with Crippen molar-refractivity contribution in [2.24, 2.45) is 5.10 Å². The molecule has 2 aromatic carbocycles. The zero-order valence-corrected chi connectivity index (χ0v) is 14.9. The molecule has 1 aromatic heterocycles. The SMILES string of the molecule is COc1ccccc1C=NNC(=O)c1cc(-c2ccc(C)c(C)c2)n[nH]1. The third kappa shape index (κ3) is 3.80. The van der Waals surface area contributed by atoms with Crippen LogP contribution in [0.5, 0.6) is 5.75 Å². The van der Waals surface area contributed by atoms with Crippen LogP contribution in [0.15, 0.2) is 53.6 Å². The maximum absolute atomic E-state index is 12.2. The Bertz CT molecular complexity index is 960. The first-order chi connectivity index (χ1) is 12.6. The molecule has 1 heterocycles. The Hall–Kier alpha value is -3.41. The zero-order chi connectivity index (χ0) is 18.5. The van der Waals surface area contributed by atoms with E-state index >= 15 is 0 Å². The zero-order valence-electron chi connectivity index (χ0n) is 14.9. The number of H-pyrrole nitrogens is 1. The van der Waals surface area contributed by atoms with Gasteiger partial charge in [-0.3, -0.25) is 9.89 Å². The van der Waals surface area contributed by atoms with Crippen LogP contribution in [0.4, 0.5) is 0 Å². The van der Waals surface area contributed by atoms with Gasteiger partial charge in [-0.15, -0.1) is 0 Å². The lowest BCUT2D eigenvalue weighted by atomic mass is 10.0. The lowest BCUT2D eigenvalue weighted by Crippen LogP contribution is -2.18. The van der Waals surface area contributed by atoms with Crippen molar-refractivity contribution in [2.45, 2.75) is 13.8 Å². The summed E-state index contributed by atoms with van der Waals surface area (Å²) in [5.74, 6) is 0.322. The Balaban J connectivity index is 1.70. The fraction of sp³-hybridized carbons (Fsp3) is 0.150. The van der Waals surface area contributed by atoms with E-state index in [1.807, 2.05) is 49.4 Å². The van der Waals surface area contributed by atoms with Gasteiger partial charge in [0.05, 0.1) is 19.0 Å². The molecule has 2 N–H and O–H groups in total. The van der Waals surface area contributed by atoms with E-state index in [4.69, 9.17) is 4.74 Å². The van der Waals surface area contributed by atoms with E-state index in [1.165, 1.54) is 17.3 Å². The number of nitrogens with one attached hydrogen (secondary N) is 2. The molecule has 0 bridgehead atoms. The molecule has 132 valence electrons. The molecule has 0 unspecified atom stereocenters. The number of rotatable bonds is 5. The number of nitrogens with zero attached hydrogens (tertiary/aromatic N) is 2. The van der Waals surface area contributed by atoms with E-state index in [0.29, 0.717) is 17.1 Å². The predicted octanol–water partition coefficient (Wildman–Crippen LogP) is 3.47. The number of amides is 1. The van der Waals surface area contributed by atoms with Crippen LogP contribution in [0.25, 0.3) is 11.3 Å². The van der Waals surface area contributed by atoms with Crippen LogP contribution in [0, 0.1) is 13.8 Å². The molecular formula is C20H20N4O2. The monoisotopic (exact) mass is 348 g/mol. The smallest absolute Gasteiger partial charge is 0.289 e. The van der Waals surface area contributed by atoms with Crippen LogP contribution < -0.4 is 10.2 Å². The van der Waals surface area contributed by atoms with E-state index in [1.54, 1.807) is 13.2 Å². The number of methoxy groups -OCH3 is 1. The first-order valence-corrected chi connectivity index (χ1v) is 8.18. The lowest BCUT2D eigenvalue weighted by Gasteiger charge is -2.02. The second-order valence-corrected chi connectivity index (χ2v) is 5.91. The first-order valence-electron chi connectivity index (χ1n) is 8.18. The third-order valence-electron chi connectivity index (χ3n) is 4.13. The normalized spacial score (nSPS) is 10.9. The predicted molar refractivity (Wildman–Crippen MR) is 102 cm³/mol. The fourth-order valence-corrected chi connectivity index (χ4v) is 2.48. The summed E-state index contributed by atoms with van der Waals surface area (Å²) in [6.45, 7) is 4.11. The minimum Gasteiger partial charge on any atom is -0.496 e. The van der Waals surface area contributed by atoms with E-state index in [0.717, 1.165) is 11.1 Å². The molecule has 0 spiro atoms. The number of benzene rings is 2. The minimum absolute atomic E-state index is 0.343. The Morgan fingerprint density at radius 2 is 1.96 bits per heavy atom. The second kappa shape index (κ2) is 7.65. The number of ether oxygens (including phenoxy) is 1. The summed E-state index contributed by atoms with van der Waals surface area (Å²) in [6, 6.07) is 15.2. The highest BCUT2D eigenvalue weighted by Crippen LogP contribution is 2.21. The van der Waals surface area contributed by atoms with Crippen LogP contribution in [-0.2, 0) is 0 Å².